The first-order valence-corrected chi connectivity index (χ1v) is 11.8. The molecule has 32 heavy (non-hydrogen) atoms. The van der Waals surface area contributed by atoms with E-state index in [-0.39, 0.29) is 16.8 Å². The number of fused-ring (bicyclic) bond motifs is 1. The van der Waals surface area contributed by atoms with Gasteiger partial charge in [0.25, 0.3) is 5.91 Å². The number of carbonyl (C=O) groups excluding carboxylic acids is 1. The molecule has 7 heteroatoms. The summed E-state index contributed by atoms with van der Waals surface area (Å²) < 4.78 is 25.5. The molecule has 6 nitrogen and oxygen atoms in total. The van der Waals surface area contributed by atoms with Crippen LogP contribution in [0.1, 0.15) is 34.5 Å². The fourth-order valence-corrected chi connectivity index (χ4v) is 4.44. The quantitative estimate of drug-likeness (QED) is 0.481. The van der Waals surface area contributed by atoms with Gasteiger partial charge in [0.05, 0.1) is 16.5 Å². The molecular weight excluding hydrogens is 422 g/mol. The van der Waals surface area contributed by atoms with Crippen molar-refractivity contribution in [1.82, 2.24) is 9.47 Å². The van der Waals surface area contributed by atoms with Gasteiger partial charge >= 0.3 is 0 Å². The molecule has 0 aliphatic rings. The Bertz CT molecular complexity index is 1380. The molecule has 0 aliphatic carbocycles. The Labute approximate surface area is 187 Å². The molecular formula is C25H25N3O3S. The van der Waals surface area contributed by atoms with E-state index in [1.165, 1.54) is 12.1 Å². The van der Waals surface area contributed by atoms with Gasteiger partial charge in [0, 0.05) is 30.7 Å². The molecule has 0 aliphatic heterocycles. The summed E-state index contributed by atoms with van der Waals surface area (Å²) in [5, 5.41) is 6.15. The second kappa shape index (κ2) is 8.61. The number of primary sulfonamides is 1. The van der Waals surface area contributed by atoms with Gasteiger partial charge in [0.2, 0.25) is 10.0 Å². The minimum Gasteiger partial charge on any atom is -0.342 e. The fourth-order valence-electron chi connectivity index (χ4n) is 3.87. The highest BCUT2D eigenvalue weighted by molar-refractivity contribution is 7.89. The van der Waals surface area contributed by atoms with E-state index in [9.17, 15) is 13.2 Å². The molecule has 1 heterocycles. The second-order valence-corrected chi connectivity index (χ2v) is 9.44. The van der Waals surface area contributed by atoms with Crippen LogP contribution < -0.4 is 5.14 Å². The average Bonchev–Trinajstić information content (AvgIpc) is 3.16. The molecule has 0 spiro atoms. The van der Waals surface area contributed by atoms with Crippen molar-refractivity contribution in [1.29, 1.82) is 0 Å². The summed E-state index contributed by atoms with van der Waals surface area (Å²) in [4.78, 5) is 15.1. The number of nitrogens with two attached hydrogens (primary N) is 1. The van der Waals surface area contributed by atoms with Crippen molar-refractivity contribution < 1.29 is 13.2 Å². The fraction of sp³-hybridized carbons (Fsp3) is 0.160. The van der Waals surface area contributed by atoms with Crippen molar-refractivity contribution in [3.8, 4) is 0 Å². The number of sulfonamides is 1. The Morgan fingerprint density at radius 2 is 1.69 bits per heavy atom. The molecule has 0 fully saturated rings. The summed E-state index contributed by atoms with van der Waals surface area (Å²) in [6.45, 7) is 2.52. The first kappa shape index (κ1) is 21.8. The molecule has 0 saturated carbocycles. The lowest BCUT2D eigenvalue weighted by molar-refractivity contribution is 0.0744. The molecule has 1 atom stereocenters. The third-order valence-electron chi connectivity index (χ3n) is 5.79. The van der Waals surface area contributed by atoms with E-state index >= 15 is 0 Å². The van der Waals surface area contributed by atoms with Gasteiger partial charge in [-0.3, -0.25) is 4.79 Å². The van der Waals surface area contributed by atoms with Crippen LogP contribution in [0.2, 0.25) is 0 Å². The van der Waals surface area contributed by atoms with Crippen LogP contribution in [0, 0.1) is 0 Å². The van der Waals surface area contributed by atoms with Crippen molar-refractivity contribution >= 4 is 26.8 Å². The van der Waals surface area contributed by atoms with Gasteiger partial charge in [-0.25, -0.2) is 13.6 Å². The van der Waals surface area contributed by atoms with Crippen LogP contribution in [0.5, 0.6) is 0 Å². The number of carbonyl (C=O) groups is 1. The van der Waals surface area contributed by atoms with Crippen molar-refractivity contribution in [2.24, 2.45) is 5.14 Å². The van der Waals surface area contributed by atoms with E-state index in [0.29, 0.717) is 17.7 Å². The maximum absolute atomic E-state index is 13.5. The molecule has 0 saturated heterocycles. The molecule has 164 valence electrons. The number of para-hydroxylation sites is 1. The smallest absolute Gasteiger partial charge is 0.256 e. The van der Waals surface area contributed by atoms with E-state index < -0.39 is 10.0 Å². The summed E-state index contributed by atoms with van der Waals surface area (Å²) in [5.41, 5.74) is 3.43. The van der Waals surface area contributed by atoms with E-state index in [4.69, 9.17) is 5.14 Å². The Morgan fingerprint density at radius 1 is 1.00 bits per heavy atom. The number of hydrogen-bond acceptors (Lipinski definition) is 3. The minimum atomic E-state index is -3.82. The van der Waals surface area contributed by atoms with E-state index in [2.05, 4.69) is 16.7 Å². The molecule has 1 aromatic heterocycles. The van der Waals surface area contributed by atoms with Gasteiger partial charge in [-0.1, -0.05) is 60.7 Å². The number of aromatic nitrogens is 1. The third-order valence-corrected chi connectivity index (χ3v) is 6.70. The zero-order valence-electron chi connectivity index (χ0n) is 18.0. The van der Waals surface area contributed by atoms with Crippen LogP contribution in [0.25, 0.3) is 10.9 Å². The normalized spacial score (nSPS) is 12.6. The van der Waals surface area contributed by atoms with Crippen LogP contribution in [0.15, 0.2) is 90.0 Å². The molecule has 0 bridgehead atoms. The van der Waals surface area contributed by atoms with Crippen molar-refractivity contribution in [2.45, 2.75) is 24.4 Å². The zero-order valence-corrected chi connectivity index (χ0v) is 18.8. The maximum Gasteiger partial charge on any atom is 0.256 e. The highest BCUT2D eigenvalue weighted by Crippen LogP contribution is 2.27. The van der Waals surface area contributed by atoms with Crippen LogP contribution >= 0.6 is 0 Å². The Balaban J connectivity index is 1.68. The van der Waals surface area contributed by atoms with Crippen molar-refractivity contribution in [3.63, 3.8) is 0 Å². The van der Waals surface area contributed by atoms with Gasteiger partial charge in [-0.15, -0.1) is 0 Å². The minimum absolute atomic E-state index is 0.0298. The van der Waals surface area contributed by atoms with Crippen LogP contribution in [-0.4, -0.2) is 30.8 Å². The topological polar surface area (TPSA) is 85.4 Å². The number of nitrogens with zero attached hydrogens (tertiary/aromatic N) is 2. The van der Waals surface area contributed by atoms with Gasteiger partial charge in [0.1, 0.15) is 0 Å². The maximum atomic E-state index is 13.5. The second-order valence-electron chi connectivity index (χ2n) is 7.88. The lowest BCUT2D eigenvalue weighted by Crippen LogP contribution is -2.29. The average molecular weight is 448 g/mol. The summed E-state index contributed by atoms with van der Waals surface area (Å²) >= 11 is 0. The van der Waals surface area contributed by atoms with Gasteiger partial charge in [0.15, 0.2) is 0 Å². The Kier molecular flexibility index (Phi) is 5.86. The number of benzene rings is 3. The summed E-state index contributed by atoms with van der Waals surface area (Å²) in [7, 11) is -2.10. The van der Waals surface area contributed by atoms with Gasteiger partial charge < -0.3 is 9.47 Å². The van der Waals surface area contributed by atoms with E-state index in [0.717, 1.165) is 16.5 Å². The standard InChI is InChI=1S/C25H25N3O3S/c1-18(20-11-8-12-21(15-20)32(26,30)31)27(2)25(29)23-17-28(16-19-9-4-3-5-10-19)24-14-7-6-13-22(23)24/h3-15,17-18H,16H2,1-2H3,(H2,26,30,31). The predicted molar refractivity (Wildman–Crippen MR) is 126 cm³/mol. The van der Waals surface area contributed by atoms with Gasteiger partial charge in [-0.05, 0) is 36.2 Å². The molecule has 1 amide bonds. The highest BCUT2D eigenvalue weighted by Gasteiger charge is 2.23. The number of amides is 1. The van der Waals surface area contributed by atoms with Crippen LogP contribution in [0.3, 0.4) is 0 Å². The van der Waals surface area contributed by atoms with Crippen LogP contribution in [0.4, 0.5) is 0 Å². The molecule has 2 N–H and O–H groups in total. The summed E-state index contributed by atoms with van der Waals surface area (Å²) in [5.74, 6) is -0.137. The Morgan fingerprint density at radius 3 is 2.41 bits per heavy atom. The third kappa shape index (κ3) is 4.30. The molecule has 4 rings (SSSR count). The van der Waals surface area contributed by atoms with Crippen molar-refractivity contribution in [2.75, 3.05) is 7.05 Å². The molecule has 1 unspecified atom stereocenters. The molecule has 0 radical (unpaired) electrons. The number of hydrogen-bond donors (Lipinski definition) is 1. The van der Waals surface area contributed by atoms with Gasteiger partial charge in [-0.2, -0.15) is 0 Å². The monoisotopic (exact) mass is 447 g/mol. The number of rotatable bonds is 6. The van der Waals surface area contributed by atoms with Crippen molar-refractivity contribution in [3.05, 3.63) is 102 Å². The highest BCUT2D eigenvalue weighted by atomic mass is 32.2. The summed E-state index contributed by atoms with van der Waals surface area (Å²) in [6, 6.07) is 24.0. The Hall–Kier alpha value is -3.42. The molecule has 4 aromatic rings. The zero-order chi connectivity index (χ0) is 22.9. The van der Waals surface area contributed by atoms with E-state index in [1.807, 2.05) is 55.6 Å². The largest absolute Gasteiger partial charge is 0.342 e. The lowest BCUT2D eigenvalue weighted by Gasteiger charge is -2.25. The first-order chi connectivity index (χ1) is 15.3. The van der Waals surface area contributed by atoms with Crippen LogP contribution in [-0.2, 0) is 16.6 Å². The first-order valence-electron chi connectivity index (χ1n) is 10.3. The lowest BCUT2D eigenvalue weighted by atomic mass is 10.1. The van der Waals surface area contributed by atoms with E-state index in [1.54, 1.807) is 24.1 Å². The predicted octanol–water partition coefficient (Wildman–Crippen LogP) is 4.17. The molecule has 3 aromatic carbocycles. The SMILES string of the molecule is CC(c1cccc(S(N)(=O)=O)c1)N(C)C(=O)c1cn(Cc2ccccc2)c2ccccc12. The summed E-state index contributed by atoms with van der Waals surface area (Å²) in [6.07, 6.45) is 1.89.